The van der Waals surface area contributed by atoms with Crippen LogP contribution < -0.4 is 11.1 Å². The first kappa shape index (κ1) is 10.8. The molecule has 0 aromatic carbocycles. The maximum absolute atomic E-state index is 12.6. The summed E-state index contributed by atoms with van der Waals surface area (Å²) in [5.74, 6) is 0.713. The molecule has 1 unspecified atom stereocenters. The number of aromatic nitrogens is 1. The van der Waals surface area contributed by atoms with Gasteiger partial charge < -0.3 is 11.1 Å². The highest BCUT2D eigenvalue weighted by Gasteiger charge is 2.03. The molecule has 0 amide bonds. The second-order valence-corrected chi connectivity index (χ2v) is 3.49. The largest absolute Gasteiger partial charge is 0.396 e. The molecule has 0 saturated carbocycles. The van der Waals surface area contributed by atoms with Crippen molar-refractivity contribution >= 4 is 11.5 Å². The summed E-state index contributed by atoms with van der Waals surface area (Å²) in [7, 11) is 0. The summed E-state index contributed by atoms with van der Waals surface area (Å²) >= 11 is 0. The Kier molecular flexibility index (Phi) is 3.68. The number of rotatable bonds is 4. The first-order chi connectivity index (χ1) is 6.63. The molecule has 1 atom stereocenters. The minimum Gasteiger partial charge on any atom is -0.396 e. The molecular weight excluding hydrogens is 181 g/mol. The van der Waals surface area contributed by atoms with Crippen molar-refractivity contribution in [2.75, 3.05) is 17.6 Å². The van der Waals surface area contributed by atoms with Crippen molar-refractivity contribution in [2.24, 2.45) is 5.92 Å². The molecule has 1 aromatic heterocycles. The van der Waals surface area contributed by atoms with Gasteiger partial charge >= 0.3 is 0 Å². The summed E-state index contributed by atoms with van der Waals surface area (Å²) < 4.78 is 12.6. The molecule has 4 heteroatoms. The average molecular weight is 197 g/mol. The van der Waals surface area contributed by atoms with Crippen LogP contribution in [-0.4, -0.2) is 11.5 Å². The molecule has 1 rings (SSSR count). The normalized spacial score (nSPS) is 12.5. The van der Waals surface area contributed by atoms with Gasteiger partial charge in [0.2, 0.25) is 0 Å². The van der Waals surface area contributed by atoms with Crippen LogP contribution in [0.4, 0.5) is 15.9 Å². The monoisotopic (exact) mass is 197 g/mol. The summed E-state index contributed by atoms with van der Waals surface area (Å²) in [5.41, 5.74) is 5.94. The van der Waals surface area contributed by atoms with Gasteiger partial charge in [0.25, 0.3) is 0 Å². The molecule has 1 aromatic rings. The number of nitrogen functional groups attached to an aromatic ring is 1. The predicted octanol–water partition coefficient (Wildman–Crippen LogP) is 2.26. The lowest BCUT2D eigenvalue weighted by Crippen LogP contribution is -2.12. The van der Waals surface area contributed by atoms with Crippen LogP contribution in [0.1, 0.15) is 20.3 Å². The van der Waals surface area contributed by atoms with E-state index >= 15 is 0 Å². The summed E-state index contributed by atoms with van der Waals surface area (Å²) in [4.78, 5) is 3.87. The molecule has 0 spiro atoms. The maximum atomic E-state index is 12.6. The first-order valence-corrected chi connectivity index (χ1v) is 4.78. The van der Waals surface area contributed by atoms with Gasteiger partial charge in [-0.15, -0.1) is 0 Å². The molecule has 0 aliphatic heterocycles. The fourth-order valence-corrected chi connectivity index (χ4v) is 1.02. The van der Waals surface area contributed by atoms with E-state index in [4.69, 9.17) is 5.73 Å². The van der Waals surface area contributed by atoms with Crippen LogP contribution >= 0.6 is 0 Å². The van der Waals surface area contributed by atoms with Gasteiger partial charge in [-0.05, 0) is 5.92 Å². The van der Waals surface area contributed by atoms with Crippen LogP contribution in [0.15, 0.2) is 12.3 Å². The number of nitrogens with one attached hydrogen (secondary N) is 1. The Bertz CT molecular complexity index is 301. The topological polar surface area (TPSA) is 50.9 Å². The molecule has 1 heterocycles. The fourth-order valence-electron chi connectivity index (χ4n) is 1.02. The van der Waals surface area contributed by atoms with E-state index in [0.717, 1.165) is 19.2 Å². The quantitative estimate of drug-likeness (QED) is 0.778. The van der Waals surface area contributed by atoms with Crippen molar-refractivity contribution in [3.8, 4) is 0 Å². The van der Waals surface area contributed by atoms with Crippen molar-refractivity contribution in [1.82, 2.24) is 4.98 Å². The van der Waals surface area contributed by atoms with Crippen molar-refractivity contribution in [2.45, 2.75) is 20.3 Å². The molecule has 0 bridgehead atoms. The highest BCUT2D eigenvalue weighted by atomic mass is 19.1. The van der Waals surface area contributed by atoms with Gasteiger partial charge in [-0.3, -0.25) is 0 Å². The van der Waals surface area contributed by atoms with Gasteiger partial charge in [-0.2, -0.15) is 0 Å². The number of anilines is 2. The summed E-state index contributed by atoms with van der Waals surface area (Å²) in [6.07, 6.45) is 2.25. The number of halogens is 1. The van der Waals surface area contributed by atoms with Crippen LogP contribution in [0.2, 0.25) is 0 Å². The molecule has 3 nitrogen and oxygen atoms in total. The van der Waals surface area contributed by atoms with E-state index < -0.39 is 5.82 Å². The van der Waals surface area contributed by atoms with E-state index in [2.05, 4.69) is 24.1 Å². The second kappa shape index (κ2) is 4.79. The Balaban J connectivity index is 2.59. The van der Waals surface area contributed by atoms with Gasteiger partial charge in [-0.1, -0.05) is 20.3 Å². The van der Waals surface area contributed by atoms with Crippen molar-refractivity contribution in [1.29, 1.82) is 0 Å². The van der Waals surface area contributed by atoms with E-state index in [1.165, 1.54) is 6.07 Å². The molecule has 3 N–H and O–H groups in total. The van der Waals surface area contributed by atoms with E-state index in [-0.39, 0.29) is 0 Å². The number of nitrogens with two attached hydrogens (primary N) is 1. The van der Waals surface area contributed by atoms with Crippen LogP contribution in [0.25, 0.3) is 0 Å². The van der Waals surface area contributed by atoms with Gasteiger partial charge in [0.1, 0.15) is 11.6 Å². The number of pyridine rings is 1. The van der Waals surface area contributed by atoms with E-state index in [9.17, 15) is 4.39 Å². The zero-order chi connectivity index (χ0) is 10.6. The Morgan fingerprint density at radius 2 is 2.36 bits per heavy atom. The van der Waals surface area contributed by atoms with Crippen LogP contribution in [-0.2, 0) is 0 Å². The fraction of sp³-hybridized carbons (Fsp3) is 0.500. The summed E-state index contributed by atoms with van der Waals surface area (Å²) in [6.45, 7) is 5.06. The van der Waals surface area contributed by atoms with Crippen molar-refractivity contribution in [3.63, 3.8) is 0 Å². The molecule has 0 fully saturated rings. The maximum Gasteiger partial charge on any atom is 0.149 e. The third-order valence-electron chi connectivity index (χ3n) is 2.20. The second-order valence-electron chi connectivity index (χ2n) is 3.49. The molecule has 0 aliphatic carbocycles. The van der Waals surface area contributed by atoms with E-state index in [1.54, 1.807) is 0 Å². The number of nitrogens with zero attached hydrogens (tertiary/aromatic N) is 1. The number of hydrogen-bond donors (Lipinski definition) is 2. The Labute approximate surface area is 83.5 Å². The van der Waals surface area contributed by atoms with Gasteiger partial charge in [0.15, 0.2) is 0 Å². The lowest BCUT2D eigenvalue weighted by atomic mass is 10.1. The number of hydrogen-bond acceptors (Lipinski definition) is 3. The summed E-state index contributed by atoms with van der Waals surface area (Å²) in [5, 5.41) is 3.09. The lowest BCUT2D eigenvalue weighted by molar-refractivity contribution is 0.591. The van der Waals surface area contributed by atoms with Crippen LogP contribution in [0, 0.1) is 11.7 Å². The highest BCUT2D eigenvalue weighted by molar-refractivity contribution is 5.60. The molecule has 0 saturated heterocycles. The van der Waals surface area contributed by atoms with Crippen LogP contribution in [0.5, 0.6) is 0 Å². The molecule has 0 aliphatic rings. The highest BCUT2D eigenvalue weighted by Crippen LogP contribution is 2.16. The third kappa shape index (κ3) is 2.87. The third-order valence-corrected chi connectivity index (χ3v) is 2.20. The van der Waals surface area contributed by atoms with E-state index in [0.29, 0.717) is 17.4 Å². The van der Waals surface area contributed by atoms with Gasteiger partial charge in [-0.25, -0.2) is 9.37 Å². The van der Waals surface area contributed by atoms with Crippen molar-refractivity contribution in [3.05, 3.63) is 18.1 Å². The predicted molar refractivity (Wildman–Crippen MR) is 56.6 cm³/mol. The zero-order valence-corrected chi connectivity index (χ0v) is 8.55. The Morgan fingerprint density at radius 1 is 1.64 bits per heavy atom. The molecule has 0 radical (unpaired) electrons. The average Bonchev–Trinajstić information content (AvgIpc) is 2.16. The standard InChI is InChI=1S/C10H16FN3/c1-3-7(2)5-13-10-9(12)4-8(11)6-14-10/h4,6-7H,3,5,12H2,1-2H3,(H,13,14). The lowest BCUT2D eigenvalue weighted by Gasteiger charge is -2.11. The smallest absolute Gasteiger partial charge is 0.149 e. The van der Waals surface area contributed by atoms with Gasteiger partial charge in [0, 0.05) is 12.6 Å². The minimum atomic E-state index is -0.406. The summed E-state index contributed by atoms with van der Waals surface area (Å²) in [6, 6.07) is 1.27. The Morgan fingerprint density at radius 3 is 2.93 bits per heavy atom. The first-order valence-electron chi connectivity index (χ1n) is 4.78. The SMILES string of the molecule is CCC(C)CNc1ncc(F)cc1N. The minimum absolute atomic E-state index is 0.355. The molecule has 78 valence electrons. The van der Waals surface area contributed by atoms with Crippen molar-refractivity contribution < 1.29 is 4.39 Å². The van der Waals surface area contributed by atoms with Crippen LogP contribution in [0.3, 0.4) is 0 Å². The van der Waals surface area contributed by atoms with E-state index in [1.807, 2.05) is 0 Å². The Hall–Kier alpha value is -1.32. The van der Waals surface area contributed by atoms with Gasteiger partial charge in [0.05, 0.1) is 11.9 Å². The molecular formula is C10H16FN3. The zero-order valence-electron chi connectivity index (χ0n) is 8.55. The molecule has 14 heavy (non-hydrogen) atoms.